The van der Waals surface area contributed by atoms with Crippen molar-refractivity contribution < 1.29 is 0 Å². The highest BCUT2D eigenvalue weighted by atomic mass is 14.9. The number of imidazole rings is 1. The molecule has 0 aliphatic rings. The van der Waals surface area contributed by atoms with Crippen molar-refractivity contribution >= 4 is 0 Å². The van der Waals surface area contributed by atoms with Crippen LogP contribution in [0, 0.1) is 11.3 Å². The van der Waals surface area contributed by atoms with Crippen LogP contribution in [0.1, 0.15) is 5.69 Å². The van der Waals surface area contributed by atoms with E-state index in [1.54, 1.807) is 12.4 Å². The zero-order chi connectivity index (χ0) is 9.10. The number of hydrogen-bond acceptors (Lipinski definition) is 3. The van der Waals surface area contributed by atoms with Crippen molar-refractivity contribution in [1.29, 1.82) is 5.26 Å². The number of pyridine rings is 1. The van der Waals surface area contributed by atoms with E-state index in [-0.39, 0.29) is 0 Å². The van der Waals surface area contributed by atoms with Gasteiger partial charge in [0.1, 0.15) is 6.07 Å². The lowest BCUT2D eigenvalue weighted by atomic mass is 10.2. The first-order chi connectivity index (χ1) is 6.42. The molecule has 1 N–H and O–H groups in total. The molecule has 0 saturated carbocycles. The van der Waals surface area contributed by atoms with E-state index in [4.69, 9.17) is 5.26 Å². The van der Waals surface area contributed by atoms with Gasteiger partial charge in [-0.05, 0) is 12.1 Å². The maximum Gasteiger partial charge on any atom is 0.166 e. The van der Waals surface area contributed by atoms with Crippen molar-refractivity contribution in [3.63, 3.8) is 0 Å². The van der Waals surface area contributed by atoms with Crippen molar-refractivity contribution in [1.82, 2.24) is 15.0 Å². The molecule has 4 nitrogen and oxygen atoms in total. The Balaban J connectivity index is 2.54. The summed E-state index contributed by atoms with van der Waals surface area (Å²) >= 11 is 0. The fourth-order valence-corrected chi connectivity index (χ4v) is 1.11. The van der Waals surface area contributed by atoms with Crippen molar-refractivity contribution in [2.75, 3.05) is 0 Å². The molecule has 0 saturated heterocycles. The minimum atomic E-state index is 0.396. The van der Waals surface area contributed by atoms with Gasteiger partial charge < -0.3 is 4.98 Å². The van der Waals surface area contributed by atoms with Gasteiger partial charge in [0.2, 0.25) is 0 Å². The minimum Gasteiger partial charge on any atom is -0.343 e. The lowest BCUT2D eigenvalue weighted by molar-refractivity contribution is 1.29. The number of aromatic nitrogens is 3. The molecule has 0 aromatic carbocycles. The van der Waals surface area contributed by atoms with Crippen LogP contribution < -0.4 is 0 Å². The molecule has 4 heteroatoms. The molecule has 13 heavy (non-hydrogen) atoms. The van der Waals surface area contributed by atoms with Gasteiger partial charge in [-0.2, -0.15) is 5.26 Å². The molecule has 0 radical (unpaired) electrons. The highest BCUT2D eigenvalue weighted by Crippen LogP contribution is 2.17. The van der Waals surface area contributed by atoms with Crippen molar-refractivity contribution in [3.05, 3.63) is 36.5 Å². The van der Waals surface area contributed by atoms with Crippen LogP contribution in [0.5, 0.6) is 0 Å². The first-order valence-corrected chi connectivity index (χ1v) is 3.75. The van der Waals surface area contributed by atoms with Gasteiger partial charge >= 0.3 is 0 Å². The Bertz CT molecular complexity index is 438. The number of aromatic amines is 1. The van der Waals surface area contributed by atoms with Gasteiger partial charge in [-0.1, -0.05) is 0 Å². The molecule has 62 valence electrons. The van der Waals surface area contributed by atoms with Crippen LogP contribution in [0.15, 0.2) is 30.9 Å². The molecule has 2 aromatic rings. The third-order valence-electron chi connectivity index (χ3n) is 1.70. The molecule has 0 unspecified atom stereocenters. The van der Waals surface area contributed by atoms with Crippen LogP contribution in [0.25, 0.3) is 11.3 Å². The Morgan fingerprint density at radius 2 is 2.38 bits per heavy atom. The molecule has 0 amide bonds. The third-order valence-corrected chi connectivity index (χ3v) is 1.70. The predicted octanol–water partition coefficient (Wildman–Crippen LogP) is 1.34. The van der Waals surface area contributed by atoms with Gasteiger partial charge in [-0.25, -0.2) is 4.98 Å². The maximum atomic E-state index is 8.72. The molecule has 2 aromatic heterocycles. The first kappa shape index (κ1) is 7.50. The molecular weight excluding hydrogens is 164 g/mol. The van der Waals surface area contributed by atoms with E-state index in [9.17, 15) is 0 Å². The Labute approximate surface area is 74.9 Å². The zero-order valence-electron chi connectivity index (χ0n) is 6.73. The van der Waals surface area contributed by atoms with E-state index >= 15 is 0 Å². The van der Waals surface area contributed by atoms with Gasteiger partial charge in [-0.3, -0.25) is 4.98 Å². The van der Waals surface area contributed by atoms with E-state index in [0.29, 0.717) is 5.69 Å². The van der Waals surface area contributed by atoms with E-state index in [1.807, 2.05) is 18.2 Å². The number of hydrogen-bond donors (Lipinski definition) is 1. The Kier molecular flexibility index (Phi) is 1.77. The second-order valence-electron chi connectivity index (χ2n) is 2.48. The largest absolute Gasteiger partial charge is 0.343 e. The predicted molar refractivity (Wildman–Crippen MR) is 46.5 cm³/mol. The van der Waals surface area contributed by atoms with Crippen LogP contribution in [-0.4, -0.2) is 15.0 Å². The number of H-pyrrole nitrogens is 1. The average molecular weight is 170 g/mol. The number of nitriles is 1. The number of nitrogens with one attached hydrogen (secondary N) is 1. The standard InChI is InChI=1S/C9H6N4/c10-4-8-9(13-6-12-8)7-2-1-3-11-5-7/h1-3,5-6H,(H,12,13). The van der Waals surface area contributed by atoms with E-state index in [1.165, 1.54) is 6.33 Å². The van der Waals surface area contributed by atoms with Gasteiger partial charge in [0.15, 0.2) is 5.69 Å². The lowest BCUT2D eigenvalue weighted by Gasteiger charge is -1.94. The Morgan fingerprint density at radius 1 is 1.46 bits per heavy atom. The SMILES string of the molecule is N#Cc1nc[nH]c1-c1cccnc1. The molecule has 0 fully saturated rings. The van der Waals surface area contributed by atoms with Crippen molar-refractivity contribution in [3.8, 4) is 17.3 Å². The summed E-state index contributed by atoms with van der Waals surface area (Å²) in [5, 5.41) is 8.72. The van der Waals surface area contributed by atoms with E-state index in [0.717, 1.165) is 11.3 Å². The minimum absolute atomic E-state index is 0.396. The highest BCUT2D eigenvalue weighted by molar-refractivity contribution is 5.63. The normalized spacial score (nSPS) is 9.46. The summed E-state index contributed by atoms with van der Waals surface area (Å²) in [5.41, 5.74) is 1.99. The fraction of sp³-hybridized carbons (Fsp3) is 0. The first-order valence-electron chi connectivity index (χ1n) is 3.75. The summed E-state index contributed by atoms with van der Waals surface area (Å²) in [6.07, 6.45) is 4.88. The summed E-state index contributed by atoms with van der Waals surface area (Å²) < 4.78 is 0. The topological polar surface area (TPSA) is 65.4 Å². The van der Waals surface area contributed by atoms with Crippen molar-refractivity contribution in [2.45, 2.75) is 0 Å². The van der Waals surface area contributed by atoms with Gasteiger partial charge in [0.25, 0.3) is 0 Å². The van der Waals surface area contributed by atoms with E-state index in [2.05, 4.69) is 15.0 Å². The molecule has 0 aliphatic heterocycles. The van der Waals surface area contributed by atoms with Crippen LogP contribution in [0.4, 0.5) is 0 Å². The summed E-state index contributed by atoms with van der Waals surface area (Å²) in [4.78, 5) is 10.7. The second kappa shape index (κ2) is 3.07. The van der Waals surface area contributed by atoms with Gasteiger partial charge in [0, 0.05) is 18.0 Å². The Hall–Kier alpha value is -2.15. The molecule has 0 aliphatic carbocycles. The molecule has 0 atom stereocenters. The smallest absolute Gasteiger partial charge is 0.166 e. The van der Waals surface area contributed by atoms with Crippen molar-refractivity contribution in [2.24, 2.45) is 0 Å². The van der Waals surface area contributed by atoms with Crippen LogP contribution in [0.3, 0.4) is 0 Å². The summed E-state index contributed by atoms with van der Waals surface area (Å²) in [6, 6.07) is 5.70. The summed E-state index contributed by atoms with van der Waals surface area (Å²) in [6.45, 7) is 0. The number of nitrogens with zero attached hydrogens (tertiary/aromatic N) is 3. The average Bonchev–Trinajstić information content (AvgIpc) is 2.67. The summed E-state index contributed by atoms with van der Waals surface area (Å²) in [7, 11) is 0. The van der Waals surface area contributed by atoms with Crippen LogP contribution >= 0.6 is 0 Å². The maximum absolute atomic E-state index is 8.72. The van der Waals surface area contributed by atoms with Gasteiger partial charge in [-0.15, -0.1) is 0 Å². The lowest BCUT2D eigenvalue weighted by Crippen LogP contribution is -1.82. The number of rotatable bonds is 1. The fourth-order valence-electron chi connectivity index (χ4n) is 1.11. The molecule has 2 heterocycles. The zero-order valence-corrected chi connectivity index (χ0v) is 6.73. The molecule has 0 bridgehead atoms. The van der Waals surface area contributed by atoms with Gasteiger partial charge in [0.05, 0.1) is 12.0 Å². The molecule has 0 spiro atoms. The molecular formula is C9H6N4. The Morgan fingerprint density at radius 3 is 3.08 bits per heavy atom. The second-order valence-corrected chi connectivity index (χ2v) is 2.48. The third kappa shape index (κ3) is 1.27. The molecule has 2 rings (SSSR count). The van der Waals surface area contributed by atoms with Crippen LogP contribution in [-0.2, 0) is 0 Å². The van der Waals surface area contributed by atoms with Crippen LogP contribution in [0.2, 0.25) is 0 Å². The highest BCUT2D eigenvalue weighted by Gasteiger charge is 2.05. The summed E-state index contributed by atoms with van der Waals surface area (Å²) in [5.74, 6) is 0. The van der Waals surface area contributed by atoms with E-state index < -0.39 is 0 Å². The monoisotopic (exact) mass is 170 g/mol. The quantitative estimate of drug-likeness (QED) is 0.702.